The van der Waals surface area contributed by atoms with Gasteiger partial charge >= 0.3 is 0 Å². The van der Waals surface area contributed by atoms with Crippen LogP contribution >= 0.6 is 0 Å². The smallest absolute Gasteiger partial charge is 0.255 e. The molecule has 0 heterocycles. The van der Waals surface area contributed by atoms with E-state index in [0.717, 1.165) is 0 Å². The number of aromatic hydroxyl groups is 1. The normalized spacial score (nSPS) is 25.0. The number of fused-ring (bicyclic) bond motifs is 3. The Morgan fingerprint density at radius 3 is 2.26 bits per heavy atom. The quantitative estimate of drug-likeness (QED) is 0.259. The van der Waals surface area contributed by atoms with Gasteiger partial charge in [-0.25, -0.2) is 4.39 Å². The minimum absolute atomic E-state index is 0. The topological polar surface area (TPSA) is 165 Å². The maximum absolute atomic E-state index is 14.1. The van der Waals surface area contributed by atoms with E-state index in [9.17, 15) is 39.2 Å². The fourth-order valence-electron chi connectivity index (χ4n) is 6.60. The number of carbonyl (C=O) groups excluding carboxylic acids is 3. The molecule has 228 valence electrons. The van der Waals surface area contributed by atoms with Gasteiger partial charge in [0.25, 0.3) is 5.91 Å². The number of likely N-dealkylation sites (N-methyl/N-ethyl adjacent to an activating group) is 1. The van der Waals surface area contributed by atoms with Crippen molar-refractivity contribution >= 4 is 41.1 Å². The summed E-state index contributed by atoms with van der Waals surface area (Å²) < 4.78 is 13.3. The first kappa shape index (κ1) is 31.5. The van der Waals surface area contributed by atoms with Crippen LogP contribution in [-0.4, -0.2) is 82.6 Å². The second kappa shape index (κ2) is 11.0. The summed E-state index contributed by atoms with van der Waals surface area (Å²) in [6, 6.07) is 6.30. The van der Waals surface area contributed by atoms with Crippen LogP contribution in [0, 0.1) is 17.7 Å². The fourth-order valence-corrected chi connectivity index (χ4v) is 6.60. The van der Waals surface area contributed by atoms with Crippen LogP contribution in [0.1, 0.15) is 36.1 Å². The van der Waals surface area contributed by atoms with Crippen LogP contribution in [0.3, 0.4) is 0 Å². The summed E-state index contributed by atoms with van der Waals surface area (Å²) in [4.78, 5) is 42.7. The molecule has 1 saturated carbocycles. The molecule has 2 aromatic carbocycles. The summed E-state index contributed by atoms with van der Waals surface area (Å²) in [7, 11) is 6.68. The Balaban J connectivity index is 0.00000423. The third-order valence-electron chi connectivity index (χ3n) is 8.53. The zero-order valence-corrected chi connectivity index (χ0v) is 23.6. The third kappa shape index (κ3) is 4.68. The highest BCUT2D eigenvalue weighted by molar-refractivity contribution is 6.24. The molecule has 43 heavy (non-hydrogen) atoms. The van der Waals surface area contributed by atoms with Gasteiger partial charge in [-0.15, -0.1) is 0 Å². The van der Waals surface area contributed by atoms with Crippen LogP contribution in [0.15, 0.2) is 47.2 Å². The van der Waals surface area contributed by atoms with Crippen LogP contribution in [0.25, 0.3) is 17.9 Å². The first-order valence-electron chi connectivity index (χ1n) is 13.3. The van der Waals surface area contributed by atoms with Gasteiger partial charge in [-0.2, -0.15) is 0 Å². The van der Waals surface area contributed by atoms with Crippen LogP contribution in [-0.2, 0) is 20.8 Å². The maximum atomic E-state index is 14.1. The Kier molecular flexibility index (Phi) is 8.03. The van der Waals surface area contributed by atoms with Crippen molar-refractivity contribution in [1.82, 2.24) is 4.90 Å². The number of hydrogen-bond donors (Lipinski definition) is 5. The van der Waals surface area contributed by atoms with Gasteiger partial charge in [-0.3, -0.25) is 19.3 Å². The van der Waals surface area contributed by atoms with Crippen molar-refractivity contribution in [3.8, 4) is 5.75 Å². The number of benzene rings is 2. The molecule has 5 rings (SSSR count). The molecule has 1 fully saturated rings. The number of amides is 1. The lowest BCUT2D eigenvalue weighted by Crippen LogP contribution is -2.65. The van der Waals surface area contributed by atoms with Gasteiger partial charge in [0.1, 0.15) is 28.7 Å². The Bertz CT molecular complexity index is 1620. The van der Waals surface area contributed by atoms with E-state index in [1.54, 1.807) is 63.4 Å². The number of nitrogens with zero attached hydrogens (tertiary/aromatic N) is 2. The molecule has 6 N–H and O–H groups in total. The predicted octanol–water partition coefficient (Wildman–Crippen LogP) is 2.98. The van der Waals surface area contributed by atoms with E-state index in [0.29, 0.717) is 22.4 Å². The number of aliphatic hydroxyl groups is 3. The molecule has 4 atom stereocenters. The fraction of sp³-hybridized carbons (Fsp3) is 0.344. The van der Waals surface area contributed by atoms with E-state index in [1.807, 2.05) is 0 Å². The Hall–Kier alpha value is -4.48. The first-order valence-corrected chi connectivity index (χ1v) is 13.3. The molecule has 11 heteroatoms. The second-order valence-corrected chi connectivity index (χ2v) is 11.4. The molecule has 3 aliphatic rings. The standard InChI is InChI=1S/C31H32FN3O7.CH4/c1-34(2)20-13-15(8-5-14-6-9-17(32)10-7-14)25(36)22-18(20)11-16-12-19-24(35(3)4)27(38)23(30(33)41)29(40)31(19,42)28(39)21(16)26(22)37;/h5-10,13,16,19,24,36-37,40,42H,11-12H2,1-4H3,(H2,33,41);1H4/b8-5+;/t16-,19-,24-,31+;/m1./s1. The van der Waals surface area contributed by atoms with Gasteiger partial charge in [-0.05, 0) is 62.2 Å². The molecular weight excluding hydrogens is 557 g/mol. The Morgan fingerprint density at radius 2 is 1.70 bits per heavy atom. The average molecular weight is 594 g/mol. The van der Waals surface area contributed by atoms with Gasteiger partial charge < -0.3 is 31.1 Å². The van der Waals surface area contributed by atoms with Crippen molar-refractivity contribution in [2.24, 2.45) is 17.6 Å². The molecule has 0 unspecified atom stereocenters. The number of halogens is 1. The molecule has 0 aliphatic heterocycles. The number of rotatable bonds is 5. The first-order chi connectivity index (χ1) is 19.7. The summed E-state index contributed by atoms with van der Waals surface area (Å²) in [6.07, 6.45) is 3.43. The van der Waals surface area contributed by atoms with Crippen LogP contribution in [0.4, 0.5) is 10.1 Å². The van der Waals surface area contributed by atoms with Crippen LogP contribution in [0.5, 0.6) is 5.75 Å². The lowest BCUT2D eigenvalue weighted by atomic mass is 9.57. The molecule has 0 bridgehead atoms. The molecule has 0 aromatic heterocycles. The number of Topliss-reactive ketones (excluding diaryl/α,β-unsaturated/α-hetero) is 2. The number of phenolic OH excluding ortho intramolecular Hbond substituents is 1. The van der Waals surface area contributed by atoms with Gasteiger partial charge in [0, 0.05) is 36.8 Å². The third-order valence-corrected chi connectivity index (χ3v) is 8.53. The molecule has 0 spiro atoms. The van der Waals surface area contributed by atoms with Gasteiger partial charge in [0.05, 0.1) is 11.6 Å². The van der Waals surface area contributed by atoms with Crippen molar-refractivity contribution in [3.63, 3.8) is 0 Å². The van der Waals surface area contributed by atoms with Crippen molar-refractivity contribution in [1.29, 1.82) is 0 Å². The predicted molar refractivity (Wildman–Crippen MR) is 161 cm³/mol. The molecular formula is C32H36FN3O7. The van der Waals surface area contributed by atoms with Crippen molar-refractivity contribution in [3.05, 3.63) is 75.3 Å². The van der Waals surface area contributed by atoms with E-state index in [1.165, 1.54) is 17.0 Å². The SMILES string of the molecule is C.CN(C)c1cc(/C=C/c2ccc(F)cc2)c(O)c2c1C[C@@H]1C[C@@H]3[C@@H](N(C)C)C(=O)C(C(N)=O)=C(O)[C@@]3(O)C(=O)C1=C2O. The summed E-state index contributed by atoms with van der Waals surface area (Å²) in [5, 5.41) is 45.7. The summed E-state index contributed by atoms with van der Waals surface area (Å²) in [5.74, 6) is -7.39. The summed E-state index contributed by atoms with van der Waals surface area (Å²) in [5.41, 5.74) is 3.77. The number of nitrogens with two attached hydrogens (primary N) is 1. The highest BCUT2D eigenvalue weighted by atomic mass is 19.1. The molecule has 0 saturated heterocycles. The van der Waals surface area contributed by atoms with E-state index >= 15 is 0 Å². The number of carbonyl (C=O) groups is 3. The van der Waals surface area contributed by atoms with E-state index in [2.05, 4.69) is 0 Å². The largest absolute Gasteiger partial charge is 0.508 e. The van der Waals surface area contributed by atoms with Gasteiger partial charge in [0.2, 0.25) is 5.78 Å². The van der Waals surface area contributed by atoms with Gasteiger partial charge in [-0.1, -0.05) is 31.7 Å². The number of ketones is 2. The Morgan fingerprint density at radius 1 is 1.07 bits per heavy atom. The monoisotopic (exact) mass is 593 g/mol. The number of anilines is 1. The average Bonchev–Trinajstić information content (AvgIpc) is 2.90. The van der Waals surface area contributed by atoms with Crippen molar-refractivity contribution in [2.75, 3.05) is 33.1 Å². The minimum atomic E-state index is -2.70. The second-order valence-electron chi connectivity index (χ2n) is 11.4. The maximum Gasteiger partial charge on any atom is 0.255 e. The van der Waals surface area contributed by atoms with Gasteiger partial charge in [0.15, 0.2) is 11.4 Å². The molecule has 0 radical (unpaired) electrons. The number of hydrogen-bond acceptors (Lipinski definition) is 9. The molecule has 2 aromatic rings. The zero-order chi connectivity index (χ0) is 30.8. The van der Waals surface area contributed by atoms with E-state index in [4.69, 9.17) is 5.73 Å². The van der Waals surface area contributed by atoms with E-state index < -0.39 is 63.9 Å². The minimum Gasteiger partial charge on any atom is -0.508 e. The number of phenols is 1. The van der Waals surface area contributed by atoms with Crippen molar-refractivity contribution in [2.45, 2.75) is 31.9 Å². The molecule has 3 aliphatic carbocycles. The molecule has 1 amide bonds. The zero-order valence-electron chi connectivity index (χ0n) is 23.6. The van der Waals surface area contributed by atoms with Crippen molar-refractivity contribution < 1.29 is 39.2 Å². The highest BCUT2D eigenvalue weighted by Crippen LogP contribution is 2.54. The van der Waals surface area contributed by atoms with Crippen LogP contribution in [0.2, 0.25) is 0 Å². The lowest BCUT2D eigenvalue weighted by molar-refractivity contribution is -0.153. The van der Waals surface area contributed by atoms with Crippen LogP contribution < -0.4 is 10.6 Å². The highest BCUT2D eigenvalue weighted by Gasteiger charge is 2.64. The van der Waals surface area contributed by atoms with E-state index in [-0.39, 0.29) is 37.2 Å². The summed E-state index contributed by atoms with van der Waals surface area (Å²) in [6.45, 7) is 0. The number of primary amides is 1. The lowest BCUT2D eigenvalue weighted by Gasteiger charge is -2.50. The summed E-state index contributed by atoms with van der Waals surface area (Å²) >= 11 is 0. The number of aliphatic hydroxyl groups excluding tert-OH is 2. The molecule has 10 nitrogen and oxygen atoms in total. The Labute approximate surface area is 248 Å².